The summed E-state index contributed by atoms with van der Waals surface area (Å²) in [5, 5.41) is 3.00. The third kappa shape index (κ3) is 6.29. The summed E-state index contributed by atoms with van der Waals surface area (Å²) in [6, 6.07) is 17.5. The summed E-state index contributed by atoms with van der Waals surface area (Å²) in [4.78, 5) is 14.0. The molecule has 0 unspecified atom stereocenters. The molecule has 2 aromatic carbocycles. The van der Waals surface area contributed by atoms with Crippen LogP contribution in [-0.2, 0) is 11.3 Å². The third-order valence-electron chi connectivity index (χ3n) is 4.75. The summed E-state index contributed by atoms with van der Waals surface area (Å²) >= 11 is 0. The first-order valence-corrected chi connectivity index (χ1v) is 9.59. The number of hydrogen-bond donors (Lipinski definition) is 1. The van der Waals surface area contributed by atoms with Crippen molar-refractivity contribution in [2.45, 2.75) is 25.8 Å². The molecule has 5 nitrogen and oxygen atoms in total. The Balaban J connectivity index is 1.41. The normalized spacial score (nSPS) is 16.6. The summed E-state index contributed by atoms with van der Waals surface area (Å²) in [6.45, 7) is 2.95. The van der Waals surface area contributed by atoms with Gasteiger partial charge in [-0.15, -0.1) is 0 Å². The average molecular weight is 368 g/mol. The van der Waals surface area contributed by atoms with E-state index >= 15 is 0 Å². The lowest BCUT2D eigenvalue weighted by Gasteiger charge is -2.23. The highest BCUT2D eigenvalue weighted by Crippen LogP contribution is 2.21. The van der Waals surface area contributed by atoms with Crippen LogP contribution < -0.4 is 10.1 Å². The van der Waals surface area contributed by atoms with E-state index in [4.69, 9.17) is 9.47 Å². The van der Waals surface area contributed by atoms with Crippen LogP contribution in [0.15, 0.2) is 54.6 Å². The molecule has 1 N–H and O–H groups in total. The van der Waals surface area contributed by atoms with E-state index in [0.29, 0.717) is 19.0 Å². The number of nitrogens with zero attached hydrogens (tertiary/aromatic N) is 1. The van der Waals surface area contributed by atoms with Crippen LogP contribution in [0.3, 0.4) is 0 Å². The predicted octanol–water partition coefficient (Wildman–Crippen LogP) is 4.44. The van der Waals surface area contributed by atoms with E-state index in [9.17, 15) is 4.79 Å². The number of urea groups is 1. The van der Waals surface area contributed by atoms with E-state index in [1.807, 2.05) is 61.6 Å². The summed E-state index contributed by atoms with van der Waals surface area (Å²) in [7, 11) is 1.81. The minimum absolute atomic E-state index is 0.0451. The Labute approximate surface area is 161 Å². The quantitative estimate of drug-likeness (QED) is 0.786. The van der Waals surface area contributed by atoms with E-state index in [1.165, 1.54) is 6.42 Å². The molecule has 1 atom stereocenters. The number of carbonyl (C=O) groups is 1. The molecule has 1 aliphatic rings. The smallest absolute Gasteiger partial charge is 0.317 e. The monoisotopic (exact) mass is 368 g/mol. The van der Waals surface area contributed by atoms with Crippen LogP contribution in [0, 0.1) is 5.92 Å². The van der Waals surface area contributed by atoms with E-state index in [1.54, 1.807) is 4.90 Å². The molecular weight excluding hydrogens is 340 g/mol. The lowest BCUT2D eigenvalue weighted by molar-refractivity contribution is 0.0519. The van der Waals surface area contributed by atoms with Crippen molar-refractivity contribution in [2.24, 2.45) is 5.92 Å². The van der Waals surface area contributed by atoms with Crippen molar-refractivity contribution in [3.05, 3.63) is 60.2 Å². The Morgan fingerprint density at radius 2 is 1.89 bits per heavy atom. The molecule has 144 valence electrons. The van der Waals surface area contributed by atoms with Gasteiger partial charge in [0.15, 0.2) is 0 Å². The second-order valence-corrected chi connectivity index (χ2v) is 7.02. The molecule has 5 heteroatoms. The molecule has 2 amide bonds. The van der Waals surface area contributed by atoms with Crippen LogP contribution in [0.5, 0.6) is 11.5 Å². The number of benzene rings is 2. The van der Waals surface area contributed by atoms with E-state index < -0.39 is 0 Å². The second-order valence-electron chi connectivity index (χ2n) is 7.02. The lowest BCUT2D eigenvalue weighted by atomic mass is 9.99. The fourth-order valence-electron chi connectivity index (χ4n) is 3.19. The number of ether oxygens (including phenoxy) is 2. The van der Waals surface area contributed by atoms with Crippen molar-refractivity contribution < 1.29 is 14.3 Å². The van der Waals surface area contributed by atoms with Crippen molar-refractivity contribution in [1.82, 2.24) is 10.2 Å². The van der Waals surface area contributed by atoms with Crippen molar-refractivity contribution in [1.29, 1.82) is 0 Å². The standard InChI is InChI=1S/C22H28N2O3/c1-24(22(25)23-14-13-19-6-5-15-26-17-19)16-18-9-11-21(12-10-18)27-20-7-3-2-4-8-20/h2-4,7-12,19H,5-6,13-17H2,1H3,(H,23,25)/t19-/m0/s1. The number of para-hydroxylation sites is 1. The number of nitrogens with one attached hydrogen (secondary N) is 1. The fraction of sp³-hybridized carbons (Fsp3) is 0.409. The molecule has 2 aromatic rings. The second kappa shape index (κ2) is 9.97. The predicted molar refractivity (Wildman–Crippen MR) is 106 cm³/mol. The molecule has 0 radical (unpaired) electrons. The molecule has 1 heterocycles. The lowest BCUT2D eigenvalue weighted by Crippen LogP contribution is -2.38. The number of rotatable bonds is 7. The van der Waals surface area contributed by atoms with Gasteiger partial charge in [-0.2, -0.15) is 0 Å². The fourth-order valence-corrected chi connectivity index (χ4v) is 3.19. The van der Waals surface area contributed by atoms with Crippen LogP contribution >= 0.6 is 0 Å². The minimum Gasteiger partial charge on any atom is -0.457 e. The Morgan fingerprint density at radius 1 is 1.15 bits per heavy atom. The Hall–Kier alpha value is -2.53. The first-order valence-electron chi connectivity index (χ1n) is 9.59. The van der Waals surface area contributed by atoms with Crippen molar-refractivity contribution >= 4 is 6.03 Å². The summed E-state index contributed by atoms with van der Waals surface area (Å²) in [5.74, 6) is 2.17. The molecule has 0 spiro atoms. The summed E-state index contributed by atoms with van der Waals surface area (Å²) < 4.78 is 11.3. The van der Waals surface area contributed by atoms with Gasteiger partial charge in [-0.3, -0.25) is 0 Å². The van der Waals surface area contributed by atoms with Gasteiger partial charge in [0.25, 0.3) is 0 Å². The third-order valence-corrected chi connectivity index (χ3v) is 4.75. The maximum absolute atomic E-state index is 12.3. The molecule has 27 heavy (non-hydrogen) atoms. The van der Waals surface area contributed by atoms with Gasteiger partial charge < -0.3 is 19.7 Å². The topological polar surface area (TPSA) is 50.8 Å². The van der Waals surface area contributed by atoms with E-state index in [-0.39, 0.29) is 6.03 Å². The van der Waals surface area contributed by atoms with E-state index in [2.05, 4.69) is 5.32 Å². The van der Waals surface area contributed by atoms with Gasteiger partial charge in [-0.1, -0.05) is 30.3 Å². The van der Waals surface area contributed by atoms with Gasteiger partial charge in [0.1, 0.15) is 11.5 Å². The molecule has 0 aliphatic carbocycles. The van der Waals surface area contributed by atoms with Gasteiger partial charge >= 0.3 is 6.03 Å². The highest BCUT2D eigenvalue weighted by atomic mass is 16.5. The van der Waals surface area contributed by atoms with Gasteiger partial charge in [-0.05, 0) is 55.0 Å². The zero-order valence-electron chi connectivity index (χ0n) is 15.9. The molecule has 0 aromatic heterocycles. The zero-order valence-corrected chi connectivity index (χ0v) is 15.9. The van der Waals surface area contributed by atoms with Crippen molar-refractivity contribution in [3.63, 3.8) is 0 Å². The van der Waals surface area contributed by atoms with Crippen LogP contribution in [-0.4, -0.2) is 37.7 Å². The molecule has 1 aliphatic heterocycles. The largest absolute Gasteiger partial charge is 0.457 e. The van der Waals surface area contributed by atoms with Gasteiger partial charge in [0, 0.05) is 33.4 Å². The molecule has 1 fully saturated rings. The number of carbonyl (C=O) groups excluding carboxylic acids is 1. The van der Waals surface area contributed by atoms with Crippen molar-refractivity contribution in [3.8, 4) is 11.5 Å². The highest BCUT2D eigenvalue weighted by molar-refractivity contribution is 5.73. The van der Waals surface area contributed by atoms with Gasteiger partial charge in [-0.25, -0.2) is 4.79 Å². The van der Waals surface area contributed by atoms with Crippen molar-refractivity contribution in [2.75, 3.05) is 26.8 Å². The Morgan fingerprint density at radius 3 is 2.59 bits per heavy atom. The van der Waals surface area contributed by atoms with Gasteiger partial charge in [0.2, 0.25) is 0 Å². The number of hydrogen-bond acceptors (Lipinski definition) is 3. The summed E-state index contributed by atoms with van der Waals surface area (Å²) in [5.41, 5.74) is 1.06. The molecule has 1 saturated heterocycles. The average Bonchev–Trinajstić information content (AvgIpc) is 2.71. The zero-order chi connectivity index (χ0) is 18.9. The van der Waals surface area contributed by atoms with Gasteiger partial charge in [0.05, 0.1) is 0 Å². The van der Waals surface area contributed by atoms with Crippen LogP contribution in [0.4, 0.5) is 4.79 Å². The first-order chi connectivity index (χ1) is 13.2. The maximum Gasteiger partial charge on any atom is 0.317 e. The SMILES string of the molecule is CN(Cc1ccc(Oc2ccccc2)cc1)C(=O)NCC[C@@H]1CCCOC1. The molecule has 3 rings (SSSR count). The Kier molecular flexibility index (Phi) is 7.11. The first kappa shape index (κ1) is 19.2. The molecule has 0 bridgehead atoms. The summed E-state index contributed by atoms with van der Waals surface area (Å²) in [6.07, 6.45) is 3.30. The van der Waals surface area contributed by atoms with Crippen LogP contribution in [0.2, 0.25) is 0 Å². The highest BCUT2D eigenvalue weighted by Gasteiger charge is 2.15. The van der Waals surface area contributed by atoms with Crippen LogP contribution in [0.25, 0.3) is 0 Å². The Bertz CT molecular complexity index is 697. The van der Waals surface area contributed by atoms with E-state index in [0.717, 1.165) is 43.1 Å². The minimum atomic E-state index is -0.0451. The maximum atomic E-state index is 12.3. The molecular formula is C22H28N2O3. The molecule has 0 saturated carbocycles. The number of amides is 2. The van der Waals surface area contributed by atoms with Crippen LogP contribution in [0.1, 0.15) is 24.8 Å².